The first-order valence-electron chi connectivity index (χ1n) is 8.04. The molecule has 0 aromatic heterocycles. The summed E-state index contributed by atoms with van der Waals surface area (Å²) in [4.78, 5) is 21.6. The van der Waals surface area contributed by atoms with Crippen LogP contribution in [0.4, 0.5) is 13.2 Å². The van der Waals surface area contributed by atoms with Crippen LogP contribution in [0.25, 0.3) is 0 Å². The van der Waals surface area contributed by atoms with Gasteiger partial charge in [0.1, 0.15) is 7.11 Å². The number of carbonyl (C=O) groups is 1. The van der Waals surface area contributed by atoms with Gasteiger partial charge < -0.3 is 14.8 Å². The average Bonchev–Trinajstić information content (AvgIpc) is 2.66. The lowest BCUT2D eigenvalue weighted by Gasteiger charge is -2.20. The number of carboxylic acid groups (broad SMARTS) is 1. The maximum atomic E-state index is 13.1. The van der Waals surface area contributed by atoms with Crippen molar-refractivity contribution < 1.29 is 32.7 Å². The van der Waals surface area contributed by atoms with Gasteiger partial charge in [-0.25, -0.2) is 4.79 Å². The molecule has 1 atom stereocenters. The molecule has 0 saturated heterocycles. The predicted molar refractivity (Wildman–Crippen MR) is 96.2 cm³/mol. The minimum absolute atomic E-state index is 0.130. The van der Waals surface area contributed by atoms with Gasteiger partial charge in [-0.2, -0.15) is 13.2 Å². The minimum atomic E-state index is -4.54. The van der Waals surface area contributed by atoms with Gasteiger partial charge >= 0.3 is 12.1 Å². The molecule has 2 aromatic carbocycles. The molecule has 0 saturated carbocycles. The van der Waals surface area contributed by atoms with E-state index in [4.69, 9.17) is 4.84 Å². The predicted octanol–water partition coefficient (Wildman–Crippen LogP) is 4.25. The number of nitrogens with zero attached hydrogens (tertiary/aromatic N) is 2. The summed E-state index contributed by atoms with van der Waals surface area (Å²) in [6.45, 7) is 1.57. The van der Waals surface area contributed by atoms with Gasteiger partial charge in [0, 0.05) is 22.9 Å². The smallest absolute Gasteiger partial charge is 0.416 e. The Bertz CT molecular complexity index is 895. The van der Waals surface area contributed by atoms with Crippen molar-refractivity contribution in [3.8, 4) is 0 Å². The highest BCUT2D eigenvalue weighted by molar-refractivity contribution is 6.42. The van der Waals surface area contributed by atoms with Crippen LogP contribution in [-0.2, 0) is 20.6 Å². The van der Waals surface area contributed by atoms with Crippen LogP contribution in [-0.4, -0.2) is 30.1 Å². The molecule has 9 heteroatoms. The van der Waals surface area contributed by atoms with E-state index >= 15 is 0 Å². The Balaban J connectivity index is 2.66. The van der Waals surface area contributed by atoms with Crippen molar-refractivity contribution >= 4 is 17.9 Å². The third kappa shape index (κ3) is 4.87. The normalized spacial score (nSPS) is 13.4. The molecule has 0 aliphatic carbocycles. The van der Waals surface area contributed by atoms with Crippen molar-refractivity contribution in [1.29, 1.82) is 0 Å². The molecular formula is C19H17F3N2O4. The number of rotatable bonds is 7. The molecule has 2 aromatic rings. The molecule has 6 nitrogen and oxygen atoms in total. The Labute approximate surface area is 158 Å². The molecule has 1 unspecified atom stereocenters. The molecule has 0 aliphatic heterocycles. The third-order valence-corrected chi connectivity index (χ3v) is 3.67. The molecule has 0 heterocycles. The zero-order valence-corrected chi connectivity index (χ0v) is 15.0. The molecule has 0 spiro atoms. The van der Waals surface area contributed by atoms with Crippen LogP contribution in [0.3, 0.4) is 0 Å². The summed E-state index contributed by atoms with van der Waals surface area (Å²) in [6, 6.07) is 10.7. The number of oxime groups is 2. The van der Waals surface area contributed by atoms with Gasteiger partial charge in [0.25, 0.3) is 0 Å². The van der Waals surface area contributed by atoms with Crippen molar-refractivity contribution in [1.82, 2.24) is 0 Å². The molecule has 28 heavy (non-hydrogen) atoms. The Morgan fingerprint density at radius 1 is 1.18 bits per heavy atom. The lowest BCUT2D eigenvalue weighted by Crippen LogP contribution is -2.19. The summed E-state index contributed by atoms with van der Waals surface area (Å²) in [7, 11) is 1.19. The highest BCUT2D eigenvalue weighted by Crippen LogP contribution is 2.34. The molecule has 1 N–H and O–H groups in total. The van der Waals surface area contributed by atoms with Crippen LogP contribution >= 0.6 is 0 Å². The fraction of sp³-hybridized carbons (Fsp3) is 0.211. The van der Waals surface area contributed by atoms with Crippen molar-refractivity contribution in [3.63, 3.8) is 0 Å². The molecule has 0 aliphatic rings. The molecule has 0 amide bonds. The van der Waals surface area contributed by atoms with E-state index in [1.807, 2.05) is 0 Å². The van der Waals surface area contributed by atoms with Crippen LogP contribution in [0.5, 0.6) is 0 Å². The SMILES string of the molecule is C/C=N/OC(c1cccc(C(F)(F)F)c1)c1ccccc1/C(=N\OC)C(=O)O. The summed E-state index contributed by atoms with van der Waals surface area (Å²) in [6.07, 6.45) is -4.32. The van der Waals surface area contributed by atoms with E-state index in [9.17, 15) is 23.1 Å². The number of hydrogen-bond donors (Lipinski definition) is 1. The van der Waals surface area contributed by atoms with Gasteiger partial charge in [-0.1, -0.05) is 46.7 Å². The number of aliphatic carboxylic acids is 1. The maximum absolute atomic E-state index is 13.1. The van der Waals surface area contributed by atoms with Crippen LogP contribution < -0.4 is 0 Å². The Morgan fingerprint density at radius 3 is 2.50 bits per heavy atom. The van der Waals surface area contributed by atoms with Gasteiger partial charge in [-0.05, 0) is 19.1 Å². The fourth-order valence-electron chi connectivity index (χ4n) is 2.53. The average molecular weight is 394 g/mol. The van der Waals surface area contributed by atoms with Crippen molar-refractivity contribution in [2.75, 3.05) is 7.11 Å². The Kier molecular flexibility index (Phi) is 6.75. The fourth-order valence-corrected chi connectivity index (χ4v) is 2.53. The minimum Gasteiger partial charge on any atom is -0.476 e. The lowest BCUT2D eigenvalue weighted by molar-refractivity contribution is -0.137. The topological polar surface area (TPSA) is 80.5 Å². The van der Waals surface area contributed by atoms with E-state index in [1.165, 1.54) is 37.6 Å². The van der Waals surface area contributed by atoms with E-state index in [0.29, 0.717) is 0 Å². The molecule has 0 fully saturated rings. The molecular weight excluding hydrogens is 377 g/mol. The van der Waals surface area contributed by atoms with Crippen molar-refractivity contribution in [2.45, 2.75) is 19.2 Å². The van der Waals surface area contributed by atoms with Gasteiger partial charge in [-0.15, -0.1) is 0 Å². The van der Waals surface area contributed by atoms with Crippen LogP contribution in [0.15, 0.2) is 58.8 Å². The summed E-state index contributed by atoms with van der Waals surface area (Å²) in [5.41, 5.74) is -0.731. The van der Waals surface area contributed by atoms with Crippen LogP contribution in [0.2, 0.25) is 0 Å². The lowest BCUT2D eigenvalue weighted by atomic mass is 9.93. The third-order valence-electron chi connectivity index (χ3n) is 3.67. The van der Waals surface area contributed by atoms with Crippen LogP contribution in [0.1, 0.15) is 35.3 Å². The summed E-state index contributed by atoms with van der Waals surface area (Å²) >= 11 is 0. The second-order valence-corrected chi connectivity index (χ2v) is 5.49. The molecule has 148 valence electrons. The molecule has 0 bridgehead atoms. The summed E-state index contributed by atoms with van der Waals surface area (Å²) in [5.74, 6) is -1.36. The highest BCUT2D eigenvalue weighted by Gasteiger charge is 2.32. The molecule has 0 radical (unpaired) electrons. The molecule has 2 rings (SSSR count). The van der Waals surface area contributed by atoms with Gasteiger partial charge in [0.05, 0.1) is 5.56 Å². The monoisotopic (exact) mass is 394 g/mol. The van der Waals surface area contributed by atoms with Crippen molar-refractivity contribution in [2.24, 2.45) is 10.3 Å². The van der Waals surface area contributed by atoms with E-state index in [-0.39, 0.29) is 16.7 Å². The Morgan fingerprint density at radius 2 is 1.89 bits per heavy atom. The summed E-state index contributed by atoms with van der Waals surface area (Å²) < 4.78 is 39.3. The van der Waals surface area contributed by atoms with Gasteiger partial charge in [-0.3, -0.25) is 0 Å². The van der Waals surface area contributed by atoms with E-state index in [1.54, 1.807) is 19.1 Å². The zero-order valence-electron chi connectivity index (χ0n) is 15.0. The number of alkyl halides is 3. The van der Waals surface area contributed by atoms with Crippen LogP contribution in [0, 0.1) is 0 Å². The zero-order chi connectivity index (χ0) is 20.7. The first-order chi connectivity index (χ1) is 13.3. The van der Waals surface area contributed by atoms with Gasteiger partial charge in [0.2, 0.25) is 0 Å². The van der Waals surface area contributed by atoms with E-state index in [2.05, 4.69) is 15.1 Å². The highest BCUT2D eigenvalue weighted by atomic mass is 19.4. The largest absolute Gasteiger partial charge is 0.476 e. The second-order valence-electron chi connectivity index (χ2n) is 5.49. The number of halogens is 3. The first-order valence-corrected chi connectivity index (χ1v) is 8.04. The number of hydrogen-bond acceptors (Lipinski definition) is 5. The number of carboxylic acids is 1. The van der Waals surface area contributed by atoms with E-state index < -0.39 is 29.5 Å². The van der Waals surface area contributed by atoms with E-state index in [0.717, 1.165) is 12.1 Å². The standard InChI is InChI=1S/C19H17F3N2O4/c1-3-23-28-17(12-7-6-8-13(11-12)19(20,21)22)15-10-5-4-9-14(15)16(18(25)26)24-27-2/h3-11,17H,1-2H3,(H,25,26)/b23-3+,24-16+. The second kappa shape index (κ2) is 9.03. The number of benzene rings is 2. The Hall–Kier alpha value is -3.36. The first kappa shape index (κ1) is 20.9. The summed E-state index contributed by atoms with van der Waals surface area (Å²) in [5, 5.41) is 16.6. The van der Waals surface area contributed by atoms with Gasteiger partial charge in [0.15, 0.2) is 11.8 Å². The quantitative estimate of drug-likeness (QED) is 0.562. The maximum Gasteiger partial charge on any atom is 0.416 e. The van der Waals surface area contributed by atoms with Crippen molar-refractivity contribution in [3.05, 3.63) is 70.8 Å².